The van der Waals surface area contributed by atoms with Crippen LogP contribution in [0.15, 0.2) is 10.9 Å². The van der Waals surface area contributed by atoms with Crippen molar-refractivity contribution in [2.75, 3.05) is 13.7 Å². The fourth-order valence-electron chi connectivity index (χ4n) is 2.18. The highest BCUT2D eigenvalue weighted by Gasteiger charge is 2.31. The second-order valence-corrected chi connectivity index (χ2v) is 4.67. The molecule has 2 N–H and O–H groups in total. The molecule has 108 valence electrons. The second-order valence-electron chi connectivity index (χ2n) is 4.67. The lowest BCUT2D eigenvalue weighted by Crippen LogP contribution is -2.33. The molecular formula is C14H25N3O2. The molecule has 0 aliphatic heterocycles. The van der Waals surface area contributed by atoms with Gasteiger partial charge < -0.3 is 15.0 Å². The molecule has 0 aliphatic carbocycles. The van der Waals surface area contributed by atoms with Crippen LogP contribution >= 0.6 is 0 Å². The van der Waals surface area contributed by atoms with Crippen molar-refractivity contribution in [1.29, 1.82) is 0 Å². The molecule has 0 atom stereocenters. The van der Waals surface area contributed by atoms with E-state index in [2.05, 4.69) is 22.2 Å². The Bertz CT molecular complexity index is 430. The van der Waals surface area contributed by atoms with Gasteiger partial charge in [0.15, 0.2) is 0 Å². The summed E-state index contributed by atoms with van der Waals surface area (Å²) in [6.07, 6.45) is 2.60. The summed E-state index contributed by atoms with van der Waals surface area (Å²) >= 11 is 0. The van der Waals surface area contributed by atoms with Crippen LogP contribution in [0.3, 0.4) is 0 Å². The van der Waals surface area contributed by atoms with E-state index in [-0.39, 0.29) is 5.56 Å². The van der Waals surface area contributed by atoms with E-state index in [9.17, 15) is 4.79 Å². The van der Waals surface area contributed by atoms with Crippen LogP contribution in [0, 0.1) is 0 Å². The molecule has 1 aromatic heterocycles. The summed E-state index contributed by atoms with van der Waals surface area (Å²) in [6.45, 7) is 7.70. The molecule has 0 amide bonds. The lowest BCUT2D eigenvalue weighted by Gasteiger charge is -2.29. The predicted octanol–water partition coefficient (Wildman–Crippen LogP) is 1.93. The average Bonchev–Trinajstić information content (AvgIpc) is 2.41. The first-order valence-electron chi connectivity index (χ1n) is 6.98. The minimum atomic E-state index is -0.500. The maximum absolute atomic E-state index is 11.8. The maximum atomic E-state index is 11.8. The van der Waals surface area contributed by atoms with Crippen molar-refractivity contribution in [3.8, 4) is 0 Å². The zero-order valence-electron chi connectivity index (χ0n) is 12.4. The third kappa shape index (κ3) is 3.88. The molecule has 5 nitrogen and oxygen atoms in total. The number of ether oxygens (including phenoxy) is 1. The molecule has 0 fully saturated rings. The normalized spacial score (nSPS) is 11.8. The monoisotopic (exact) mass is 267 g/mol. The number of hydrogen-bond acceptors (Lipinski definition) is 4. The van der Waals surface area contributed by atoms with E-state index >= 15 is 0 Å². The minimum Gasteiger partial charge on any atom is -0.370 e. The van der Waals surface area contributed by atoms with Gasteiger partial charge in [-0.25, -0.2) is 4.98 Å². The van der Waals surface area contributed by atoms with E-state index in [1.54, 1.807) is 7.11 Å². The number of hydrogen-bond donors (Lipinski definition) is 2. The van der Waals surface area contributed by atoms with Gasteiger partial charge >= 0.3 is 0 Å². The molecule has 5 heteroatoms. The van der Waals surface area contributed by atoms with E-state index in [1.165, 1.54) is 6.07 Å². The molecule has 0 saturated heterocycles. The number of methoxy groups -OCH3 is 1. The Labute approximate surface area is 114 Å². The van der Waals surface area contributed by atoms with Gasteiger partial charge in [0.05, 0.1) is 5.69 Å². The van der Waals surface area contributed by atoms with E-state index in [1.807, 2.05) is 13.8 Å². The molecule has 1 rings (SSSR count). The fraction of sp³-hybridized carbons (Fsp3) is 0.714. The van der Waals surface area contributed by atoms with Crippen LogP contribution in [0.25, 0.3) is 0 Å². The van der Waals surface area contributed by atoms with Gasteiger partial charge in [0.2, 0.25) is 0 Å². The van der Waals surface area contributed by atoms with E-state index in [0.29, 0.717) is 12.4 Å². The summed E-state index contributed by atoms with van der Waals surface area (Å²) in [6, 6.07) is 1.54. The van der Waals surface area contributed by atoms with Crippen molar-refractivity contribution in [2.24, 2.45) is 0 Å². The zero-order chi connectivity index (χ0) is 14.3. The number of aromatic nitrogens is 2. The number of nitrogens with zero attached hydrogens (tertiary/aromatic N) is 1. The second kappa shape index (κ2) is 7.40. The van der Waals surface area contributed by atoms with Crippen molar-refractivity contribution in [2.45, 2.75) is 52.2 Å². The molecule has 19 heavy (non-hydrogen) atoms. The zero-order valence-corrected chi connectivity index (χ0v) is 12.4. The van der Waals surface area contributed by atoms with Crippen LogP contribution in [0.2, 0.25) is 0 Å². The first kappa shape index (κ1) is 15.9. The van der Waals surface area contributed by atoms with Crippen molar-refractivity contribution < 1.29 is 4.74 Å². The highest BCUT2D eigenvalue weighted by molar-refractivity contribution is 5.09. The third-order valence-corrected chi connectivity index (χ3v) is 3.49. The highest BCUT2D eigenvalue weighted by atomic mass is 16.5. The lowest BCUT2D eigenvalue weighted by molar-refractivity contribution is -0.0295. The van der Waals surface area contributed by atoms with Gasteiger partial charge in [0.25, 0.3) is 5.56 Å². The van der Waals surface area contributed by atoms with Gasteiger partial charge in [0, 0.05) is 19.7 Å². The predicted molar refractivity (Wildman–Crippen MR) is 76.1 cm³/mol. The molecule has 0 saturated carbocycles. The first-order chi connectivity index (χ1) is 9.11. The Morgan fingerprint density at radius 1 is 1.37 bits per heavy atom. The van der Waals surface area contributed by atoms with Crippen molar-refractivity contribution >= 4 is 0 Å². The molecule has 1 aromatic rings. The minimum absolute atomic E-state index is 0.123. The summed E-state index contributed by atoms with van der Waals surface area (Å²) in [5.74, 6) is 0.626. The Morgan fingerprint density at radius 2 is 2.05 bits per heavy atom. The summed E-state index contributed by atoms with van der Waals surface area (Å²) in [5.41, 5.74) is 0.136. The number of nitrogens with one attached hydrogen (secondary N) is 2. The Morgan fingerprint density at radius 3 is 2.58 bits per heavy atom. The Kier molecular flexibility index (Phi) is 6.18. The van der Waals surface area contributed by atoms with Gasteiger partial charge in [-0.15, -0.1) is 0 Å². The summed E-state index contributed by atoms with van der Waals surface area (Å²) < 4.78 is 5.60. The molecule has 1 heterocycles. The summed E-state index contributed by atoms with van der Waals surface area (Å²) in [7, 11) is 1.66. The van der Waals surface area contributed by atoms with Crippen LogP contribution in [0.5, 0.6) is 0 Å². The first-order valence-corrected chi connectivity index (χ1v) is 6.98. The van der Waals surface area contributed by atoms with Crippen LogP contribution in [0.1, 0.15) is 51.6 Å². The van der Waals surface area contributed by atoms with Crippen molar-refractivity contribution in [3.63, 3.8) is 0 Å². The van der Waals surface area contributed by atoms with Gasteiger partial charge in [-0.1, -0.05) is 20.8 Å². The van der Waals surface area contributed by atoms with Crippen LogP contribution < -0.4 is 10.9 Å². The molecule has 0 aromatic carbocycles. The average molecular weight is 267 g/mol. The van der Waals surface area contributed by atoms with Crippen LogP contribution in [0.4, 0.5) is 0 Å². The van der Waals surface area contributed by atoms with E-state index in [4.69, 9.17) is 4.74 Å². The largest absolute Gasteiger partial charge is 0.370 e. The van der Waals surface area contributed by atoms with Crippen LogP contribution in [-0.2, 0) is 16.9 Å². The SMILES string of the molecule is CCCNCc1cc(=O)[nH]c(C(CC)(CC)OC)n1. The molecule has 0 bridgehead atoms. The molecule has 0 radical (unpaired) electrons. The summed E-state index contributed by atoms with van der Waals surface area (Å²) in [4.78, 5) is 19.1. The number of rotatable bonds is 8. The van der Waals surface area contributed by atoms with Gasteiger partial charge in [-0.2, -0.15) is 0 Å². The van der Waals surface area contributed by atoms with E-state index < -0.39 is 5.60 Å². The molecular weight excluding hydrogens is 242 g/mol. The fourth-order valence-corrected chi connectivity index (χ4v) is 2.18. The van der Waals surface area contributed by atoms with Gasteiger partial charge in [0.1, 0.15) is 11.4 Å². The smallest absolute Gasteiger partial charge is 0.251 e. The Hall–Kier alpha value is -1.20. The maximum Gasteiger partial charge on any atom is 0.251 e. The molecule has 0 aliphatic rings. The van der Waals surface area contributed by atoms with Crippen molar-refractivity contribution in [3.05, 3.63) is 27.9 Å². The van der Waals surface area contributed by atoms with Crippen LogP contribution in [-0.4, -0.2) is 23.6 Å². The lowest BCUT2D eigenvalue weighted by atomic mass is 9.96. The number of aromatic amines is 1. The molecule has 0 unspecified atom stereocenters. The quantitative estimate of drug-likeness (QED) is 0.706. The number of H-pyrrole nitrogens is 1. The summed E-state index contributed by atoms with van der Waals surface area (Å²) in [5, 5.41) is 3.26. The van der Waals surface area contributed by atoms with Gasteiger partial charge in [-0.05, 0) is 25.8 Å². The van der Waals surface area contributed by atoms with Crippen molar-refractivity contribution in [1.82, 2.24) is 15.3 Å². The standard InChI is InChI=1S/C14H25N3O2/c1-5-8-15-10-11-9-12(18)17-13(16-11)14(6-2,7-3)19-4/h9,15H,5-8,10H2,1-4H3,(H,16,17,18). The third-order valence-electron chi connectivity index (χ3n) is 3.49. The topological polar surface area (TPSA) is 67.0 Å². The highest BCUT2D eigenvalue weighted by Crippen LogP contribution is 2.28. The molecule has 0 spiro atoms. The van der Waals surface area contributed by atoms with E-state index in [0.717, 1.165) is 31.5 Å². The Balaban J connectivity index is 3.04. The van der Waals surface area contributed by atoms with Gasteiger partial charge in [-0.3, -0.25) is 4.79 Å².